The van der Waals surface area contributed by atoms with E-state index in [4.69, 9.17) is 0 Å². The third-order valence-corrected chi connectivity index (χ3v) is 5.07. The molecule has 2 nitrogen and oxygen atoms in total. The molecule has 1 aromatic heterocycles. The molecule has 0 amide bonds. The van der Waals surface area contributed by atoms with Gasteiger partial charge in [0.1, 0.15) is 6.04 Å². The van der Waals surface area contributed by atoms with Crippen molar-refractivity contribution in [3.8, 4) is 0 Å². The van der Waals surface area contributed by atoms with E-state index in [1.54, 1.807) is 11.3 Å². The van der Waals surface area contributed by atoms with Gasteiger partial charge in [-0.15, -0.1) is 11.3 Å². The van der Waals surface area contributed by atoms with Crippen LogP contribution in [0, 0.1) is 5.92 Å². The third-order valence-electron chi connectivity index (χ3n) is 2.94. The maximum absolute atomic E-state index is 10.7. The molecule has 5 heteroatoms. The fourth-order valence-electron chi connectivity index (χ4n) is 2.22. The minimum Gasteiger partial charge on any atom is -0.146 e. The first kappa shape index (κ1) is 11.6. The van der Waals surface area contributed by atoms with Gasteiger partial charge in [-0.25, -0.2) is 0 Å². The van der Waals surface area contributed by atoms with Crippen LogP contribution in [0.2, 0.25) is 0 Å². The number of rotatable bonds is 4. The van der Waals surface area contributed by atoms with E-state index in [0.29, 0.717) is 17.8 Å². The average molecular weight is 307 g/mol. The van der Waals surface area contributed by atoms with Gasteiger partial charge in [0, 0.05) is 14.7 Å². The summed E-state index contributed by atoms with van der Waals surface area (Å²) in [6.07, 6.45) is 5.10. The quantitative estimate of drug-likeness (QED) is 0.667. The molecule has 1 fully saturated rings. The second kappa shape index (κ2) is 5.48. The van der Waals surface area contributed by atoms with Gasteiger partial charge in [0.2, 0.25) is 0 Å². The summed E-state index contributed by atoms with van der Waals surface area (Å²) in [6, 6.07) is 2.36. The van der Waals surface area contributed by atoms with Crippen LogP contribution in [0.25, 0.3) is 0 Å². The Morgan fingerprint density at radius 2 is 2.27 bits per heavy atom. The van der Waals surface area contributed by atoms with Crippen molar-refractivity contribution < 1.29 is 4.21 Å². The molecule has 1 aliphatic rings. The first-order valence-electron chi connectivity index (χ1n) is 5.09. The molecule has 0 aliphatic heterocycles. The van der Waals surface area contributed by atoms with Crippen molar-refractivity contribution in [3.63, 3.8) is 0 Å². The molecular formula is C10H13BrNOS2+. The highest BCUT2D eigenvalue weighted by molar-refractivity contribution is 9.10. The first-order chi connectivity index (χ1) is 7.31. The highest BCUT2D eigenvalue weighted by Crippen LogP contribution is 2.38. The summed E-state index contributed by atoms with van der Waals surface area (Å²) in [7, 11) is 0. The van der Waals surface area contributed by atoms with E-state index in [0.717, 1.165) is 4.47 Å². The predicted molar refractivity (Wildman–Crippen MR) is 67.9 cm³/mol. The van der Waals surface area contributed by atoms with Crippen molar-refractivity contribution in [1.82, 2.24) is 4.72 Å². The lowest BCUT2D eigenvalue weighted by Crippen LogP contribution is -2.22. The summed E-state index contributed by atoms with van der Waals surface area (Å²) in [5.74, 6) is 0.636. The highest BCUT2D eigenvalue weighted by Gasteiger charge is 2.31. The second-order valence-electron chi connectivity index (χ2n) is 3.89. The summed E-state index contributed by atoms with van der Waals surface area (Å²) < 4.78 is 14.8. The number of hydrogen-bond donors (Lipinski definition) is 1. The normalized spacial score (nSPS) is 19.3. The zero-order chi connectivity index (χ0) is 10.7. The largest absolute Gasteiger partial charge is 0.588 e. The SMILES string of the molecule is O=[S+]NC(c1cc(Br)cs1)C1CCCC1. The Balaban J connectivity index is 2.14. The van der Waals surface area contributed by atoms with Crippen molar-refractivity contribution in [2.75, 3.05) is 0 Å². The molecule has 1 N–H and O–H groups in total. The van der Waals surface area contributed by atoms with Gasteiger partial charge in [-0.2, -0.15) is 0 Å². The Kier molecular flexibility index (Phi) is 4.25. The van der Waals surface area contributed by atoms with Crippen LogP contribution in [0.15, 0.2) is 15.9 Å². The zero-order valence-corrected chi connectivity index (χ0v) is 11.5. The molecule has 0 aromatic carbocycles. The van der Waals surface area contributed by atoms with Crippen molar-refractivity contribution >= 4 is 39.1 Å². The van der Waals surface area contributed by atoms with Gasteiger partial charge >= 0.3 is 11.9 Å². The maximum atomic E-state index is 10.7. The second-order valence-corrected chi connectivity index (χ2v) is 6.15. The van der Waals surface area contributed by atoms with Gasteiger partial charge in [-0.1, -0.05) is 12.8 Å². The molecule has 0 spiro atoms. The topological polar surface area (TPSA) is 29.1 Å². The van der Waals surface area contributed by atoms with Crippen LogP contribution < -0.4 is 4.72 Å². The zero-order valence-electron chi connectivity index (χ0n) is 8.24. The van der Waals surface area contributed by atoms with E-state index in [2.05, 4.69) is 32.1 Å². The van der Waals surface area contributed by atoms with Crippen molar-refractivity contribution in [2.45, 2.75) is 31.7 Å². The first-order valence-corrected chi connectivity index (χ1v) is 7.51. The average Bonchev–Trinajstić information content (AvgIpc) is 2.85. The van der Waals surface area contributed by atoms with Crippen LogP contribution in [0.1, 0.15) is 36.6 Å². The molecule has 1 aromatic rings. The fraction of sp³-hybridized carbons (Fsp3) is 0.600. The molecule has 1 saturated carbocycles. The number of hydrogen-bond acceptors (Lipinski definition) is 2. The van der Waals surface area contributed by atoms with Crippen molar-refractivity contribution in [2.24, 2.45) is 5.92 Å². The van der Waals surface area contributed by atoms with Crippen LogP contribution in [0.3, 0.4) is 0 Å². The maximum Gasteiger partial charge on any atom is 0.588 e. The number of halogens is 1. The number of nitrogens with one attached hydrogen (secondary N) is 1. The van der Waals surface area contributed by atoms with E-state index in [1.807, 2.05) is 0 Å². The Hall–Kier alpha value is 0.160. The minimum atomic E-state index is 0.242. The predicted octanol–water partition coefficient (Wildman–Crippen LogP) is 3.67. The van der Waals surface area contributed by atoms with Crippen LogP contribution in [-0.4, -0.2) is 0 Å². The summed E-state index contributed by atoms with van der Waals surface area (Å²) in [6.45, 7) is 0. The molecule has 0 radical (unpaired) electrons. The molecule has 0 bridgehead atoms. The summed E-state index contributed by atoms with van der Waals surface area (Å²) in [5, 5.41) is 2.08. The van der Waals surface area contributed by atoms with Gasteiger partial charge < -0.3 is 0 Å². The molecule has 1 heterocycles. The van der Waals surface area contributed by atoms with E-state index in [1.165, 1.54) is 30.6 Å². The Morgan fingerprint density at radius 3 is 2.80 bits per heavy atom. The van der Waals surface area contributed by atoms with Gasteiger partial charge in [0.25, 0.3) is 0 Å². The van der Waals surface area contributed by atoms with Crippen LogP contribution in [0.5, 0.6) is 0 Å². The number of thiophene rings is 1. The Labute approximate surface area is 106 Å². The van der Waals surface area contributed by atoms with E-state index in [-0.39, 0.29) is 6.04 Å². The molecule has 1 unspecified atom stereocenters. The van der Waals surface area contributed by atoms with Crippen molar-refractivity contribution in [1.29, 1.82) is 0 Å². The Morgan fingerprint density at radius 1 is 1.53 bits per heavy atom. The molecule has 0 saturated heterocycles. The lowest BCUT2D eigenvalue weighted by molar-refractivity contribution is 0.424. The standard InChI is InChI=1S/C10H13BrNOS2/c11-8-5-9(14-6-8)10(12-15-13)7-3-1-2-4-7/h5-7,10H,1-4H2,(H,12,13)/q+1. The molecule has 2 rings (SSSR count). The van der Waals surface area contributed by atoms with Crippen LogP contribution in [-0.2, 0) is 16.1 Å². The summed E-state index contributed by atoms with van der Waals surface area (Å²) in [5.41, 5.74) is 0. The minimum absolute atomic E-state index is 0.242. The third kappa shape index (κ3) is 2.84. The Bertz CT molecular complexity index is 336. The van der Waals surface area contributed by atoms with Crippen LogP contribution in [0.4, 0.5) is 0 Å². The van der Waals surface area contributed by atoms with E-state index < -0.39 is 0 Å². The smallest absolute Gasteiger partial charge is 0.146 e. The van der Waals surface area contributed by atoms with Gasteiger partial charge in [-0.05, 0) is 45.5 Å². The van der Waals surface area contributed by atoms with Gasteiger partial charge in [0.15, 0.2) is 0 Å². The summed E-state index contributed by atoms with van der Waals surface area (Å²) >= 11 is 5.67. The van der Waals surface area contributed by atoms with Crippen LogP contribution >= 0.6 is 27.3 Å². The summed E-state index contributed by atoms with van der Waals surface area (Å²) in [4.78, 5) is 1.28. The highest BCUT2D eigenvalue weighted by atomic mass is 79.9. The van der Waals surface area contributed by atoms with Gasteiger partial charge in [0.05, 0.1) is 4.21 Å². The lowest BCUT2D eigenvalue weighted by atomic mass is 9.98. The molecule has 15 heavy (non-hydrogen) atoms. The molecule has 82 valence electrons. The van der Waals surface area contributed by atoms with E-state index in [9.17, 15) is 4.21 Å². The molecule has 1 aliphatic carbocycles. The molecular weight excluding hydrogens is 294 g/mol. The molecule has 1 atom stereocenters. The fourth-order valence-corrected chi connectivity index (χ4v) is 4.31. The van der Waals surface area contributed by atoms with Gasteiger partial charge in [-0.3, -0.25) is 0 Å². The van der Waals surface area contributed by atoms with E-state index >= 15 is 0 Å². The van der Waals surface area contributed by atoms with Crippen molar-refractivity contribution in [3.05, 3.63) is 20.8 Å². The lowest BCUT2D eigenvalue weighted by Gasteiger charge is -2.15. The monoisotopic (exact) mass is 306 g/mol.